The lowest BCUT2D eigenvalue weighted by Gasteiger charge is -2.32. The molecule has 2 rings (SSSR count). The third-order valence-corrected chi connectivity index (χ3v) is 2.79. The van der Waals surface area contributed by atoms with E-state index in [-0.39, 0.29) is 24.8 Å². The molecule has 0 radical (unpaired) electrons. The predicted molar refractivity (Wildman–Crippen MR) is 69.5 cm³/mol. The average Bonchev–Trinajstić information content (AvgIpc) is 2.19. The summed E-state index contributed by atoms with van der Waals surface area (Å²) in [7, 11) is 0. The fraction of sp³-hybridized carbons (Fsp3) is 0.545. The lowest BCUT2D eigenvalue weighted by molar-refractivity contribution is 0.0108. The van der Waals surface area contributed by atoms with Crippen molar-refractivity contribution in [1.82, 2.24) is 10.3 Å². The third kappa shape index (κ3) is 4.26. The lowest BCUT2D eigenvalue weighted by Crippen LogP contribution is -2.43. The van der Waals surface area contributed by atoms with Crippen LogP contribution in [0.15, 0.2) is 24.5 Å². The molecule has 1 fully saturated rings. The van der Waals surface area contributed by atoms with Crippen LogP contribution in [-0.2, 0) is 6.42 Å². The number of pyridine rings is 1. The van der Waals surface area contributed by atoms with Gasteiger partial charge in [0, 0.05) is 18.8 Å². The van der Waals surface area contributed by atoms with Crippen molar-refractivity contribution in [1.29, 1.82) is 0 Å². The zero-order valence-electron chi connectivity index (χ0n) is 9.06. The summed E-state index contributed by atoms with van der Waals surface area (Å²) in [6, 6.07) is 3.94. The second kappa shape index (κ2) is 7.07. The molecule has 1 aromatic heterocycles. The van der Waals surface area contributed by atoms with Crippen molar-refractivity contribution in [3.05, 3.63) is 30.1 Å². The second-order valence-corrected chi connectivity index (χ2v) is 4.01. The highest BCUT2D eigenvalue weighted by molar-refractivity contribution is 5.85. The summed E-state index contributed by atoms with van der Waals surface area (Å²) in [5, 5.41) is 13.5. The molecular formula is C11H18Cl2N2O. The number of piperidine rings is 1. The normalized spacial score (nSPS) is 18.1. The number of halogens is 2. The monoisotopic (exact) mass is 264 g/mol. The van der Waals surface area contributed by atoms with Crippen LogP contribution < -0.4 is 5.32 Å². The van der Waals surface area contributed by atoms with Gasteiger partial charge < -0.3 is 10.4 Å². The van der Waals surface area contributed by atoms with Crippen LogP contribution in [0.4, 0.5) is 0 Å². The number of hydrogen-bond acceptors (Lipinski definition) is 3. The minimum Gasteiger partial charge on any atom is -0.389 e. The molecule has 0 aliphatic carbocycles. The first-order valence-electron chi connectivity index (χ1n) is 5.11. The first-order chi connectivity index (χ1) is 6.79. The molecule has 2 N–H and O–H groups in total. The smallest absolute Gasteiger partial charge is 0.0712 e. The number of rotatable bonds is 2. The first kappa shape index (κ1) is 15.7. The molecule has 0 amide bonds. The number of hydrogen-bond donors (Lipinski definition) is 2. The molecule has 1 aliphatic heterocycles. The molecule has 1 aliphatic rings. The van der Waals surface area contributed by atoms with Crippen LogP contribution in [-0.4, -0.2) is 28.8 Å². The summed E-state index contributed by atoms with van der Waals surface area (Å²) in [5.74, 6) is 0. The van der Waals surface area contributed by atoms with Crippen LogP contribution in [0.25, 0.3) is 0 Å². The van der Waals surface area contributed by atoms with Crippen LogP contribution in [0.3, 0.4) is 0 Å². The van der Waals surface area contributed by atoms with E-state index in [1.54, 1.807) is 6.20 Å². The quantitative estimate of drug-likeness (QED) is 0.853. The van der Waals surface area contributed by atoms with E-state index < -0.39 is 5.60 Å². The van der Waals surface area contributed by atoms with Gasteiger partial charge in [-0.3, -0.25) is 4.98 Å². The Balaban J connectivity index is 0.00000112. The maximum absolute atomic E-state index is 10.3. The Morgan fingerprint density at radius 3 is 2.56 bits per heavy atom. The summed E-state index contributed by atoms with van der Waals surface area (Å²) < 4.78 is 0. The molecule has 92 valence electrons. The summed E-state index contributed by atoms with van der Waals surface area (Å²) in [6.07, 6.45) is 5.99. The van der Waals surface area contributed by atoms with E-state index in [0.717, 1.165) is 37.9 Å². The maximum atomic E-state index is 10.3. The van der Waals surface area contributed by atoms with Gasteiger partial charge in [0.1, 0.15) is 0 Å². The van der Waals surface area contributed by atoms with Crippen molar-refractivity contribution in [2.75, 3.05) is 13.1 Å². The van der Waals surface area contributed by atoms with E-state index >= 15 is 0 Å². The summed E-state index contributed by atoms with van der Waals surface area (Å²) in [5.41, 5.74) is 0.603. The SMILES string of the molecule is Cl.Cl.OC1(Cc2cccnc2)CCNCC1. The Bertz CT molecular complexity index is 289. The topological polar surface area (TPSA) is 45.2 Å². The first-order valence-corrected chi connectivity index (χ1v) is 5.11. The number of nitrogens with zero attached hydrogens (tertiary/aromatic N) is 1. The van der Waals surface area contributed by atoms with Crippen LogP contribution >= 0.6 is 24.8 Å². The fourth-order valence-corrected chi connectivity index (χ4v) is 1.95. The van der Waals surface area contributed by atoms with Crippen LogP contribution in [0.2, 0.25) is 0 Å². The van der Waals surface area contributed by atoms with Crippen molar-refractivity contribution in [3.63, 3.8) is 0 Å². The molecule has 0 atom stereocenters. The molecule has 2 heterocycles. The summed E-state index contributed by atoms with van der Waals surface area (Å²) in [4.78, 5) is 4.05. The number of aromatic nitrogens is 1. The van der Waals surface area contributed by atoms with E-state index in [4.69, 9.17) is 0 Å². The fourth-order valence-electron chi connectivity index (χ4n) is 1.95. The van der Waals surface area contributed by atoms with Gasteiger partial charge in [-0.2, -0.15) is 0 Å². The zero-order valence-corrected chi connectivity index (χ0v) is 10.7. The molecule has 0 saturated carbocycles. The van der Waals surface area contributed by atoms with Gasteiger partial charge in [0.15, 0.2) is 0 Å². The van der Waals surface area contributed by atoms with E-state index in [9.17, 15) is 5.11 Å². The molecule has 1 saturated heterocycles. The van der Waals surface area contributed by atoms with E-state index in [0.29, 0.717) is 0 Å². The largest absolute Gasteiger partial charge is 0.389 e. The second-order valence-electron chi connectivity index (χ2n) is 4.01. The molecule has 3 nitrogen and oxygen atoms in total. The molecular weight excluding hydrogens is 247 g/mol. The number of nitrogens with one attached hydrogen (secondary N) is 1. The highest BCUT2D eigenvalue weighted by Crippen LogP contribution is 2.22. The van der Waals surface area contributed by atoms with Gasteiger partial charge in [0.05, 0.1) is 5.60 Å². The van der Waals surface area contributed by atoms with Crippen molar-refractivity contribution in [3.8, 4) is 0 Å². The van der Waals surface area contributed by atoms with Crippen LogP contribution in [0.1, 0.15) is 18.4 Å². The van der Waals surface area contributed by atoms with Gasteiger partial charge in [0.2, 0.25) is 0 Å². The summed E-state index contributed by atoms with van der Waals surface area (Å²) >= 11 is 0. The average molecular weight is 265 g/mol. The minimum atomic E-state index is -0.520. The molecule has 0 unspecified atom stereocenters. The Morgan fingerprint density at radius 1 is 1.31 bits per heavy atom. The maximum Gasteiger partial charge on any atom is 0.0712 e. The van der Waals surface area contributed by atoms with Gasteiger partial charge in [-0.05, 0) is 37.6 Å². The standard InChI is InChI=1S/C11H16N2O.2ClH/c14-11(3-6-12-7-4-11)8-10-2-1-5-13-9-10;;/h1-2,5,9,12,14H,3-4,6-8H2;2*1H. The minimum absolute atomic E-state index is 0. The van der Waals surface area contributed by atoms with E-state index in [2.05, 4.69) is 10.3 Å². The molecule has 0 aromatic carbocycles. The lowest BCUT2D eigenvalue weighted by atomic mass is 9.86. The Hall–Kier alpha value is -0.350. The zero-order chi connectivity index (χ0) is 9.86. The predicted octanol–water partition coefficient (Wildman–Crippen LogP) is 1.58. The summed E-state index contributed by atoms with van der Waals surface area (Å²) in [6.45, 7) is 1.83. The molecule has 0 bridgehead atoms. The van der Waals surface area contributed by atoms with E-state index in [1.165, 1.54) is 0 Å². The molecule has 5 heteroatoms. The molecule has 0 spiro atoms. The Kier molecular flexibility index (Phi) is 6.91. The van der Waals surface area contributed by atoms with Crippen LogP contribution in [0.5, 0.6) is 0 Å². The van der Waals surface area contributed by atoms with Crippen molar-refractivity contribution < 1.29 is 5.11 Å². The Morgan fingerprint density at radius 2 is 2.00 bits per heavy atom. The Labute approximate surface area is 108 Å². The van der Waals surface area contributed by atoms with Gasteiger partial charge in [0.25, 0.3) is 0 Å². The van der Waals surface area contributed by atoms with Crippen LogP contribution in [0, 0.1) is 0 Å². The van der Waals surface area contributed by atoms with Crippen molar-refractivity contribution in [2.45, 2.75) is 24.9 Å². The number of aliphatic hydroxyl groups is 1. The van der Waals surface area contributed by atoms with E-state index in [1.807, 2.05) is 18.3 Å². The van der Waals surface area contributed by atoms with Crippen molar-refractivity contribution >= 4 is 24.8 Å². The van der Waals surface area contributed by atoms with Gasteiger partial charge in [-0.25, -0.2) is 0 Å². The third-order valence-electron chi connectivity index (χ3n) is 2.79. The van der Waals surface area contributed by atoms with Gasteiger partial charge in [-0.1, -0.05) is 6.07 Å². The molecule has 16 heavy (non-hydrogen) atoms. The van der Waals surface area contributed by atoms with Gasteiger partial charge >= 0.3 is 0 Å². The highest BCUT2D eigenvalue weighted by Gasteiger charge is 2.28. The van der Waals surface area contributed by atoms with Gasteiger partial charge in [-0.15, -0.1) is 24.8 Å². The highest BCUT2D eigenvalue weighted by atomic mass is 35.5. The molecule has 1 aromatic rings. The van der Waals surface area contributed by atoms with Crippen molar-refractivity contribution in [2.24, 2.45) is 0 Å².